The average Bonchev–Trinajstić information content (AvgIpc) is 3.11. The van der Waals surface area contributed by atoms with Gasteiger partial charge in [-0.05, 0) is 25.3 Å². The first-order chi connectivity index (χ1) is 12.9. The van der Waals surface area contributed by atoms with E-state index < -0.39 is 0 Å². The summed E-state index contributed by atoms with van der Waals surface area (Å²) in [5.41, 5.74) is 0.582. The number of anilines is 1. The third kappa shape index (κ3) is 4.21. The molecule has 3 heterocycles. The van der Waals surface area contributed by atoms with Crippen LogP contribution in [0.15, 0.2) is 34.0 Å². The van der Waals surface area contributed by atoms with Gasteiger partial charge in [0.05, 0.1) is 7.11 Å². The number of aromatic nitrogens is 3. The number of nitrogens with one attached hydrogen (secondary N) is 1. The van der Waals surface area contributed by atoms with Gasteiger partial charge in [0.15, 0.2) is 0 Å². The molecule has 0 bridgehead atoms. The number of nitrogens with zero attached hydrogens (tertiary/aromatic N) is 4. The maximum Gasteiger partial charge on any atom is 0.332 e. The van der Waals surface area contributed by atoms with Crippen LogP contribution in [-0.4, -0.2) is 46.4 Å². The molecular weight excluding hydrogens is 346 g/mol. The largest absolute Gasteiger partial charge is 0.481 e. The molecule has 2 atom stereocenters. The van der Waals surface area contributed by atoms with Crippen LogP contribution in [0.4, 0.5) is 5.82 Å². The Hall–Kier alpha value is -2.61. The highest BCUT2D eigenvalue weighted by atomic mass is 16.5. The number of hydrogen-bond donors (Lipinski definition) is 1. The fourth-order valence-electron chi connectivity index (χ4n) is 3.60. The van der Waals surface area contributed by atoms with Crippen LogP contribution in [0.3, 0.4) is 0 Å². The maximum absolute atomic E-state index is 12.1. The van der Waals surface area contributed by atoms with Gasteiger partial charge in [0.1, 0.15) is 5.82 Å². The minimum Gasteiger partial charge on any atom is -0.481 e. The zero-order chi connectivity index (χ0) is 19.6. The van der Waals surface area contributed by atoms with Gasteiger partial charge in [0, 0.05) is 57.6 Å². The van der Waals surface area contributed by atoms with E-state index in [1.54, 1.807) is 14.2 Å². The summed E-state index contributed by atoms with van der Waals surface area (Å²) in [5, 5.41) is 3.64. The van der Waals surface area contributed by atoms with E-state index in [1.165, 1.54) is 17.7 Å². The van der Waals surface area contributed by atoms with Crippen LogP contribution in [0, 0.1) is 0 Å². The molecule has 1 fully saturated rings. The van der Waals surface area contributed by atoms with Crippen LogP contribution in [0.25, 0.3) is 0 Å². The van der Waals surface area contributed by atoms with Crippen molar-refractivity contribution in [3.05, 3.63) is 50.8 Å². The summed E-state index contributed by atoms with van der Waals surface area (Å²) in [6.07, 6.45) is 3.68. The lowest BCUT2D eigenvalue weighted by atomic mass is 10.1. The Balaban J connectivity index is 1.61. The van der Waals surface area contributed by atoms with Crippen molar-refractivity contribution in [2.75, 3.05) is 25.1 Å². The van der Waals surface area contributed by atoms with Crippen LogP contribution in [0.1, 0.15) is 18.9 Å². The molecule has 3 rings (SSSR count). The molecule has 0 saturated carbocycles. The predicted octanol–water partition coefficient (Wildman–Crippen LogP) is 0.287. The number of pyridine rings is 1. The summed E-state index contributed by atoms with van der Waals surface area (Å²) in [7, 11) is 4.81. The molecule has 1 N–H and O–H groups in total. The Kier molecular flexibility index (Phi) is 5.65. The minimum absolute atomic E-state index is 0.273. The van der Waals surface area contributed by atoms with E-state index in [0.29, 0.717) is 17.7 Å². The van der Waals surface area contributed by atoms with Crippen LogP contribution in [0.5, 0.6) is 5.88 Å². The Labute approximate surface area is 158 Å². The normalized spacial score (nSPS) is 17.9. The SMILES string of the molecule is COc1ccc(CC(C)N[C@H]2CCN(c3cc(=O)n(C)c(=O)n3C)C2)cn1. The van der Waals surface area contributed by atoms with Crippen molar-refractivity contribution in [3.8, 4) is 5.88 Å². The third-order valence-corrected chi connectivity index (χ3v) is 5.08. The van der Waals surface area contributed by atoms with Crippen molar-refractivity contribution < 1.29 is 4.74 Å². The molecule has 146 valence electrons. The number of hydrogen-bond acceptors (Lipinski definition) is 6. The van der Waals surface area contributed by atoms with Crippen LogP contribution in [-0.2, 0) is 20.5 Å². The molecule has 2 aromatic rings. The van der Waals surface area contributed by atoms with E-state index in [0.717, 1.165) is 36.1 Å². The summed E-state index contributed by atoms with van der Waals surface area (Å²) in [6.45, 7) is 3.74. The lowest BCUT2D eigenvalue weighted by Gasteiger charge is -2.23. The summed E-state index contributed by atoms with van der Waals surface area (Å²) in [5.74, 6) is 1.30. The zero-order valence-electron chi connectivity index (χ0n) is 16.3. The van der Waals surface area contributed by atoms with Gasteiger partial charge >= 0.3 is 5.69 Å². The maximum atomic E-state index is 12.1. The fourth-order valence-corrected chi connectivity index (χ4v) is 3.60. The monoisotopic (exact) mass is 373 g/mol. The van der Waals surface area contributed by atoms with E-state index in [1.807, 2.05) is 18.3 Å². The van der Waals surface area contributed by atoms with Crippen molar-refractivity contribution in [2.45, 2.75) is 31.8 Å². The van der Waals surface area contributed by atoms with Gasteiger partial charge in [-0.25, -0.2) is 9.78 Å². The molecule has 0 radical (unpaired) electrons. The van der Waals surface area contributed by atoms with Gasteiger partial charge in [-0.1, -0.05) is 6.07 Å². The Morgan fingerprint density at radius 2 is 2.07 bits per heavy atom. The van der Waals surface area contributed by atoms with Crippen molar-refractivity contribution in [1.82, 2.24) is 19.4 Å². The molecular formula is C19H27N5O3. The van der Waals surface area contributed by atoms with Crippen molar-refractivity contribution in [3.63, 3.8) is 0 Å². The predicted molar refractivity (Wildman–Crippen MR) is 105 cm³/mol. The quantitative estimate of drug-likeness (QED) is 0.784. The van der Waals surface area contributed by atoms with Crippen LogP contribution in [0.2, 0.25) is 0 Å². The smallest absolute Gasteiger partial charge is 0.332 e. The summed E-state index contributed by atoms with van der Waals surface area (Å²) < 4.78 is 7.75. The Morgan fingerprint density at radius 3 is 2.74 bits per heavy atom. The second kappa shape index (κ2) is 7.96. The van der Waals surface area contributed by atoms with Crippen molar-refractivity contribution in [2.24, 2.45) is 14.1 Å². The average molecular weight is 373 g/mol. The lowest BCUT2D eigenvalue weighted by Crippen LogP contribution is -2.42. The number of ether oxygens (including phenoxy) is 1. The van der Waals surface area contributed by atoms with Gasteiger partial charge in [-0.2, -0.15) is 0 Å². The molecule has 1 aliphatic heterocycles. The summed E-state index contributed by atoms with van der Waals surface area (Å²) in [6, 6.07) is 6.04. The first-order valence-corrected chi connectivity index (χ1v) is 9.16. The molecule has 1 saturated heterocycles. The second-order valence-electron chi connectivity index (χ2n) is 7.15. The molecule has 27 heavy (non-hydrogen) atoms. The third-order valence-electron chi connectivity index (χ3n) is 5.08. The van der Waals surface area contributed by atoms with E-state index in [-0.39, 0.29) is 17.3 Å². The minimum atomic E-state index is -0.297. The van der Waals surface area contributed by atoms with Crippen LogP contribution < -0.4 is 26.2 Å². The van der Waals surface area contributed by atoms with Gasteiger partial charge in [0.2, 0.25) is 5.88 Å². The number of rotatable bonds is 6. The van der Waals surface area contributed by atoms with Crippen LogP contribution >= 0.6 is 0 Å². The highest BCUT2D eigenvalue weighted by molar-refractivity contribution is 5.40. The van der Waals surface area contributed by atoms with E-state index in [9.17, 15) is 9.59 Å². The molecule has 0 amide bonds. The standard InChI is InChI=1S/C19H27N5O3/c1-13(9-14-5-6-16(27-4)20-11-14)21-15-7-8-24(12-15)17-10-18(25)23(3)19(26)22(17)2/h5-6,10-11,13,15,21H,7-9,12H2,1-4H3/t13?,15-/m0/s1. The molecule has 8 nitrogen and oxygen atoms in total. The van der Waals surface area contributed by atoms with Crippen molar-refractivity contribution in [1.29, 1.82) is 0 Å². The van der Waals surface area contributed by atoms with Crippen molar-refractivity contribution >= 4 is 5.82 Å². The Bertz CT molecular complexity index is 903. The van der Waals surface area contributed by atoms with E-state index >= 15 is 0 Å². The van der Waals surface area contributed by atoms with Gasteiger partial charge in [0.25, 0.3) is 5.56 Å². The zero-order valence-corrected chi connectivity index (χ0v) is 16.3. The highest BCUT2D eigenvalue weighted by Gasteiger charge is 2.26. The first-order valence-electron chi connectivity index (χ1n) is 9.16. The molecule has 8 heteroatoms. The van der Waals surface area contributed by atoms with E-state index in [4.69, 9.17) is 4.74 Å². The first kappa shape index (κ1) is 19.2. The molecule has 0 spiro atoms. The van der Waals surface area contributed by atoms with E-state index in [2.05, 4.69) is 22.1 Å². The van der Waals surface area contributed by atoms with Gasteiger partial charge < -0.3 is 15.0 Å². The molecule has 0 aliphatic carbocycles. The van der Waals surface area contributed by atoms with Gasteiger partial charge in [-0.3, -0.25) is 13.9 Å². The number of methoxy groups -OCH3 is 1. The second-order valence-corrected chi connectivity index (χ2v) is 7.15. The van der Waals surface area contributed by atoms with Gasteiger partial charge in [-0.15, -0.1) is 0 Å². The topological polar surface area (TPSA) is 81.4 Å². The molecule has 1 aliphatic rings. The fraction of sp³-hybridized carbons (Fsp3) is 0.526. The Morgan fingerprint density at radius 1 is 1.30 bits per heavy atom. The highest BCUT2D eigenvalue weighted by Crippen LogP contribution is 2.18. The molecule has 1 unspecified atom stereocenters. The molecule has 2 aromatic heterocycles. The lowest BCUT2D eigenvalue weighted by molar-refractivity contribution is 0.397. The summed E-state index contributed by atoms with van der Waals surface area (Å²) in [4.78, 5) is 30.5. The summed E-state index contributed by atoms with van der Waals surface area (Å²) >= 11 is 0. The molecule has 0 aromatic carbocycles.